The maximum atomic E-state index is 5.92. The molecule has 0 aliphatic carbocycles. The van der Waals surface area contributed by atoms with E-state index in [1.54, 1.807) is 7.11 Å². The zero-order chi connectivity index (χ0) is 20.1. The highest BCUT2D eigenvalue weighted by atomic mass is 31.1. The van der Waals surface area contributed by atoms with Crippen LogP contribution in [0.15, 0.2) is 47.5 Å². The summed E-state index contributed by atoms with van der Waals surface area (Å²) in [4.78, 5) is 4.70. The van der Waals surface area contributed by atoms with Crippen LogP contribution in [0, 0.1) is 6.92 Å². The number of para-hydroxylation sites is 1. The Bertz CT molecular complexity index is 791. The quantitative estimate of drug-likeness (QED) is 0.361. The smallest absolute Gasteiger partial charge is 0.188 e. The van der Waals surface area contributed by atoms with E-state index in [4.69, 9.17) is 14.5 Å². The van der Waals surface area contributed by atoms with Crippen molar-refractivity contribution in [1.29, 1.82) is 0 Å². The third-order valence-corrected chi connectivity index (χ3v) is 5.82. The van der Waals surface area contributed by atoms with Crippen molar-refractivity contribution < 1.29 is 9.47 Å². The highest BCUT2D eigenvalue weighted by Crippen LogP contribution is 2.45. The van der Waals surface area contributed by atoms with Crippen LogP contribution in [-0.2, 0) is 9.89 Å². The van der Waals surface area contributed by atoms with Gasteiger partial charge in [-0.25, -0.2) is 0 Å². The van der Waals surface area contributed by atoms with Gasteiger partial charge in [0.25, 0.3) is 0 Å². The van der Waals surface area contributed by atoms with Crippen LogP contribution in [0.5, 0.6) is 5.75 Å². The number of aliphatic imine (C=N–C) groups is 1. The molecule has 0 saturated heterocycles. The monoisotopic (exact) mass is 385 g/mol. The van der Waals surface area contributed by atoms with E-state index >= 15 is 0 Å². The lowest BCUT2D eigenvalue weighted by Crippen LogP contribution is -2.19. The van der Waals surface area contributed by atoms with Gasteiger partial charge in [0.05, 0.1) is 5.54 Å². The van der Waals surface area contributed by atoms with Gasteiger partial charge in [-0.15, -0.1) is 0 Å². The number of nitrogens with zero attached hydrogens (tertiary/aromatic N) is 1. The second kappa shape index (κ2) is 8.99. The van der Waals surface area contributed by atoms with E-state index in [9.17, 15) is 0 Å². The molecule has 1 unspecified atom stereocenters. The zero-order valence-corrected chi connectivity index (χ0v) is 18.6. The Hall–Kier alpha value is -1.70. The number of methoxy groups -OCH3 is 1. The van der Waals surface area contributed by atoms with Crippen molar-refractivity contribution in [3.63, 3.8) is 0 Å². The molecule has 4 heteroatoms. The predicted octanol–water partition coefficient (Wildman–Crippen LogP) is 5.43. The minimum Gasteiger partial charge on any atom is -0.467 e. The van der Waals surface area contributed by atoms with Gasteiger partial charge in [0, 0.05) is 24.0 Å². The molecule has 0 fully saturated rings. The van der Waals surface area contributed by atoms with E-state index in [1.165, 1.54) is 16.4 Å². The predicted molar refractivity (Wildman–Crippen MR) is 118 cm³/mol. The Morgan fingerprint density at radius 2 is 1.70 bits per heavy atom. The molecule has 3 nitrogen and oxygen atoms in total. The normalized spacial score (nSPS) is 13.0. The van der Waals surface area contributed by atoms with Gasteiger partial charge >= 0.3 is 0 Å². The van der Waals surface area contributed by atoms with Crippen LogP contribution < -0.4 is 10.0 Å². The Morgan fingerprint density at radius 3 is 2.37 bits per heavy atom. The molecule has 0 N–H and O–H groups in total. The van der Waals surface area contributed by atoms with E-state index in [-0.39, 0.29) is 17.5 Å². The maximum Gasteiger partial charge on any atom is 0.188 e. The molecule has 146 valence electrons. The average molecular weight is 385 g/mol. The number of hydrogen-bond donors (Lipinski definition) is 0. The summed E-state index contributed by atoms with van der Waals surface area (Å²) in [5.74, 6) is 0.928. The molecule has 0 aliphatic heterocycles. The van der Waals surface area contributed by atoms with E-state index in [2.05, 4.69) is 84.0 Å². The van der Waals surface area contributed by atoms with Crippen molar-refractivity contribution in [2.24, 2.45) is 4.99 Å². The second-order valence-corrected chi connectivity index (χ2v) is 10.3. The van der Waals surface area contributed by atoms with Crippen LogP contribution in [0.25, 0.3) is 0 Å². The standard InChI is InChI=1S/C23H32NO2P/c1-17-11-10-13-19(21(17)26-16-25-7)23(5,6)27-20-14-9-8-12-18(20)15-24-22(2,3)4/h8-15,27H,16H2,1-7H3/b24-15+. The minimum atomic E-state index is -0.0799. The van der Waals surface area contributed by atoms with Crippen molar-refractivity contribution >= 4 is 20.1 Å². The molecule has 0 heterocycles. The van der Waals surface area contributed by atoms with Crippen LogP contribution in [0.4, 0.5) is 0 Å². The molecule has 0 aromatic heterocycles. The van der Waals surface area contributed by atoms with Gasteiger partial charge in [-0.3, -0.25) is 4.99 Å². The van der Waals surface area contributed by atoms with Crippen LogP contribution >= 0.6 is 8.58 Å². The molecule has 0 radical (unpaired) electrons. The molecule has 1 atom stereocenters. The summed E-state index contributed by atoms with van der Waals surface area (Å²) in [6.07, 6.45) is 2.01. The van der Waals surface area contributed by atoms with Gasteiger partial charge in [0.2, 0.25) is 0 Å². The number of ether oxygens (including phenoxy) is 2. The molecular weight excluding hydrogens is 353 g/mol. The van der Waals surface area contributed by atoms with Crippen LogP contribution in [0.2, 0.25) is 0 Å². The summed E-state index contributed by atoms with van der Waals surface area (Å²) in [6, 6.07) is 14.9. The Morgan fingerprint density at radius 1 is 1.00 bits per heavy atom. The highest BCUT2D eigenvalue weighted by Gasteiger charge is 2.27. The summed E-state index contributed by atoms with van der Waals surface area (Å²) < 4.78 is 11.1. The Kier molecular flexibility index (Phi) is 7.19. The first-order chi connectivity index (χ1) is 12.6. The van der Waals surface area contributed by atoms with Gasteiger partial charge in [0.15, 0.2) is 6.79 Å². The van der Waals surface area contributed by atoms with Crippen molar-refractivity contribution in [2.75, 3.05) is 13.9 Å². The number of rotatable bonds is 7. The van der Waals surface area contributed by atoms with Crippen molar-refractivity contribution in [3.05, 3.63) is 59.2 Å². The summed E-state index contributed by atoms with van der Waals surface area (Å²) in [5, 5.41) is 1.25. The third-order valence-electron chi connectivity index (χ3n) is 4.21. The van der Waals surface area contributed by atoms with Crippen molar-refractivity contribution in [2.45, 2.75) is 52.2 Å². The average Bonchev–Trinajstić information content (AvgIpc) is 2.58. The SMILES string of the molecule is COCOc1c(C)cccc1C(C)(C)Pc1ccccc1/C=N/C(C)(C)C. The largest absolute Gasteiger partial charge is 0.467 e. The van der Waals surface area contributed by atoms with Gasteiger partial charge < -0.3 is 9.47 Å². The summed E-state index contributed by atoms with van der Waals surface area (Å²) >= 11 is 0. The molecule has 2 aromatic rings. The first-order valence-corrected chi connectivity index (χ1v) is 10.3. The molecule has 0 aliphatic rings. The van der Waals surface area contributed by atoms with Crippen molar-refractivity contribution in [1.82, 2.24) is 0 Å². The maximum absolute atomic E-state index is 5.92. The molecule has 0 amide bonds. The van der Waals surface area contributed by atoms with Gasteiger partial charge in [-0.05, 0) is 44.1 Å². The van der Waals surface area contributed by atoms with E-state index < -0.39 is 0 Å². The second-order valence-electron chi connectivity index (χ2n) is 8.27. The molecule has 2 aromatic carbocycles. The first-order valence-electron chi connectivity index (χ1n) is 9.28. The van der Waals surface area contributed by atoms with Crippen LogP contribution in [0.3, 0.4) is 0 Å². The fourth-order valence-electron chi connectivity index (χ4n) is 2.84. The van der Waals surface area contributed by atoms with E-state index in [1.807, 2.05) is 6.21 Å². The van der Waals surface area contributed by atoms with E-state index in [0.717, 1.165) is 11.3 Å². The summed E-state index contributed by atoms with van der Waals surface area (Å²) in [6.45, 7) is 13.2. The highest BCUT2D eigenvalue weighted by molar-refractivity contribution is 7.48. The lowest BCUT2D eigenvalue weighted by atomic mass is 9.98. The molecular formula is C23H32NO2P. The molecule has 0 spiro atoms. The molecule has 0 saturated carbocycles. The fraction of sp³-hybridized carbons (Fsp3) is 0.435. The lowest BCUT2D eigenvalue weighted by molar-refractivity contribution is 0.0496. The minimum absolute atomic E-state index is 0.0687. The summed E-state index contributed by atoms with van der Waals surface area (Å²) in [5.41, 5.74) is 3.44. The first kappa shape index (κ1) is 21.6. The van der Waals surface area contributed by atoms with Crippen molar-refractivity contribution in [3.8, 4) is 5.75 Å². The number of hydrogen-bond acceptors (Lipinski definition) is 3. The Labute approximate surface area is 166 Å². The summed E-state index contributed by atoms with van der Waals surface area (Å²) in [7, 11) is 2.23. The van der Waals surface area contributed by atoms with E-state index in [0.29, 0.717) is 8.58 Å². The van der Waals surface area contributed by atoms with Gasteiger partial charge in [-0.1, -0.05) is 64.9 Å². The third kappa shape index (κ3) is 6.16. The van der Waals surface area contributed by atoms with Crippen LogP contribution in [0.1, 0.15) is 51.3 Å². The Balaban J connectivity index is 2.38. The molecule has 2 rings (SSSR count). The number of aryl methyl sites for hydroxylation is 1. The lowest BCUT2D eigenvalue weighted by Gasteiger charge is -2.29. The molecule has 0 bridgehead atoms. The number of benzene rings is 2. The van der Waals surface area contributed by atoms with Gasteiger partial charge in [0.1, 0.15) is 5.75 Å². The molecule has 27 heavy (non-hydrogen) atoms. The van der Waals surface area contributed by atoms with Gasteiger partial charge in [-0.2, -0.15) is 0 Å². The topological polar surface area (TPSA) is 30.8 Å². The zero-order valence-electron chi connectivity index (χ0n) is 17.6. The fourth-order valence-corrected chi connectivity index (χ4v) is 4.32. The van der Waals surface area contributed by atoms with Crippen LogP contribution in [-0.4, -0.2) is 25.7 Å².